The van der Waals surface area contributed by atoms with Crippen molar-refractivity contribution in [3.8, 4) is 11.3 Å². The number of halogens is 1. The summed E-state index contributed by atoms with van der Waals surface area (Å²) in [6.07, 6.45) is 0. The van der Waals surface area contributed by atoms with Gasteiger partial charge in [0, 0.05) is 37.1 Å². The minimum Gasteiger partial charge on any atom is -0.354 e. The minimum absolute atomic E-state index is 0. The van der Waals surface area contributed by atoms with Crippen LogP contribution in [0.1, 0.15) is 12.5 Å². The first-order valence-electron chi connectivity index (χ1n) is 9.19. The molecule has 1 saturated heterocycles. The molecule has 26 heavy (non-hydrogen) atoms. The summed E-state index contributed by atoms with van der Waals surface area (Å²) in [5, 5.41) is 2.52. The summed E-state index contributed by atoms with van der Waals surface area (Å²) < 4.78 is 0. The van der Waals surface area contributed by atoms with Crippen molar-refractivity contribution in [3.05, 3.63) is 60.2 Å². The Morgan fingerprint density at radius 1 is 0.923 bits per heavy atom. The Kier molecular flexibility index (Phi) is 5.80. The first-order valence-corrected chi connectivity index (χ1v) is 9.19. The van der Waals surface area contributed by atoms with Gasteiger partial charge in [0.15, 0.2) is 0 Å². The van der Waals surface area contributed by atoms with E-state index < -0.39 is 0 Å². The lowest BCUT2D eigenvalue weighted by Gasteiger charge is -2.35. The van der Waals surface area contributed by atoms with Crippen LogP contribution in [0, 0.1) is 6.92 Å². The molecule has 3 aromatic rings. The lowest BCUT2D eigenvalue weighted by Crippen LogP contribution is -2.46. The van der Waals surface area contributed by atoms with E-state index in [1.54, 1.807) is 0 Å². The van der Waals surface area contributed by atoms with Crippen LogP contribution in [0.4, 0.5) is 5.82 Å². The molecular weight excluding hydrogens is 342 g/mol. The van der Waals surface area contributed by atoms with Crippen molar-refractivity contribution in [2.45, 2.75) is 13.8 Å². The molecule has 1 aromatic heterocycles. The molecular formula is C22H26ClN3. The quantitative estimate of drug-likeness (QED) is 0.664. The first kappa shape index (κ1) is 18.7. The number of aryl methyl sites for hydroxylation is 1. The van der Waals surface area contributed by atoms with Crippen molar-refractivity contribution in [1.82, 2.24) is 9.88 Å². The molecule has 136 valence electrons. The zero-order chi connectivity index (χ0) is 17.2. The highest BCUT2D eigenvalue weighted by Gasteiger charge is 2.19. The number of aromatic nitrogens is 1. The predicted octanol–water partition coefficient (Wildman–Crippen LogP) is 4.77. The third-order valence-corrected chi connectivity index (χ3v) is 5.19. The normalized spacial score (nSPS) is 15.1. The second-order valence-electron chi connectivity index (χ2n) is 6.84. The predicted molar refractivity (Wildman–Crippen MR) is 113 cm³/mol. The van der Waals surface area contributed by atoms with Crippen molar-refractivity contribution >= 4 is 29.0 Å². The summed E-state index contributed by atoms with van der Waals surface area (Å²) in [4.78, 5) is 10.0. The average Bonchev–Trinajstić information content (AvgIpc) is 2.68. The average molecular weight is 368 g/mol. The fourth-order valence-corrected chi connectivity index (χ4v) is 3.57. The van der Waals surface area contributed by atoms with E-state index in [1.165, 1.54) is 21.9 Å². The highest BCUT2D eigenvalue weighted by atomic mass is 35.5. The van der Waals surface area contributed by atoms with Crippen molar-refractivity contribution < 1.29 is 0 Å². The van der Waals surface area contributed by atoms with Gasteiger partial charge in [-0.1, -0.05) is 61.0 Å². The molecule has 0 amide bonds. The Morgan fingerprint density at radius 3 is 2.31 bits per heavy atom. The fourth-order valence-electron chi connectivity index (χ4n) is 3.57. The number of rotatable bonds is 3. The van der Waals surface area contributed by atoms with Gasteiger partial charge in [0.2, 0.25) is 0 Å². The molecule has 1 fully saturated rings. The number of likely N-dealkylation sites (N-methyl/N-ethyl adjacent to an activating group) is 1. The molecule has 1 aliphatic rings. The van der Waals surface area contributed by atoms with Gasteiger partial charge in [0.05, 0.1) is 5.69 Å². The molecule has 0 saturated carbocycles. The smallest absolute Gasteiger partial charge is 0.137 e. The number of fused-ring (bicyclic) bond motifs is 1. The number of anilines is 1. The van der Waals surface area contributed by atoms with Crippen LogP contribution in [-0.4, -0.2) is 42.6 Å². The van der Waals surface area contributed by atoms with Gasteiger partial charge in [-0.3, -0.25) is 0 Å². The van der Waals surface area contributed by atoms with Crippen LogP contribution in [0.3, 0.4) is 0 Å². The number of nitrogens with zero attached hydrogens (tertiary/aromatic N) is 3. The number of benzene rings is 2. The summed E-state index contributed by atoms with van der Waals surface area (Å²) in [6, 6.07) is 19.5. The van der Waals surface area contributed by atoms with Gasteiger partial charge < -0.3 is 9.80 Å². The van der Waals surface area contributed by atoms with Gasteiger partial charge in [0.1, 0.15) is 5.82 Å². The molecule has 3 nitrogen and oxygen atoms in total. The summed E-state index contributed by atoms with van der Waals surface area (Å²) in [6.45, 7) is 9.80. The molecule has 1 aliphatic heterocycles. The molecule has 4 rings (SSSR count). The van der Waals surface area contributed by atoms with Gasteiger partial charge in [-0.2, -0.15) is 0 Å². The second kappa shape index (κ2) is 8.07. The minimum atomic E-state index is 0. The van der Waals surface area contributed by atoms with E-state index in [9.17, 15) is 0 Å². The highest BCUT2D eigenvalue weighted by Crippen LogP contribution is 2.30. The van der Waals surface area contributed by atoms with E-state index in [4.69, 9.17) is 4.98 Å². The molecule has 2 heterocycles. The number of hydrogen-bond donors (Lipinski definition) is 0. The zero-order valence-corrected chi connectivity index (χ0v) is 16.3. The zero-order valence-electron chi connectivity index (χ0n) is 15.5. The molecule has 0 bridgehead atoms. The van der Waals surface area contributed by atoms with Crippen LogP contribution >= 0.6 is 12.4 Å². The number of hydrogen-bond acceptors (Lipinski definition) is 3. The second-order valence-corrected chi connectivity index (χ2v) is 6.84. The molecule has 0 N–H and O–H groups in total. The third kappa shape index (κ3) is 3.69. The van der Waals surface area contributed by atoms with Crippen LogP contribution in [0.15, 0.2) is 54.6 Å². The van der Waals surface area contributed by atoms with Gasteiger partial charge in [-0.25, -0.2) is 4.98 Å². The van der Waals surface area contributed by atoms with Crippen molar-refractivity contribution in [2.75, 3.05) is 37.6 Å². The van der Waals surface area contributed by atoms with E-state index in [2.05, 4.69) is 78.2 Å². The van der Waals surface area contributed by atoms with E-state index in [0.29, 0.717) is 0 Å². The monoisotopic (exact) mass is 367 g/mol. The van der Waals surface area contributed by atoms with Crippen molar-refractivity contribution in [1.29, 1.82) is 0 Å². The molecule has 4 heteroatoms. The third-order valence-electron chi connectivity index (χ3n) is 5.19. The highest BCUT2D eigenvalue weighted by molar-refractivity contribution is 5.95. The lowest BCUT2D eigenvalue weighted by molar-refractivity contribution is 0.271. The summed E-state index contributed by atoms with van der Waals surface area (Å²) in [5.41, 5.74) is 3.52. The van der Waals surface area contributed by atoms with Crippen LogP contribution in [0.5, 0.6) is 0 Å². The molecule has 0 unspecified atom stereocenters. The maximum Gasteiger partial charge on any atom is 0.137 e. The number of pyridine rings is 1. The lowest BCUT2D eigenvalue weighted by atomic mass is 10.0. The Morgan fingerprint density at radius 2 is 1.62 bits per heavy atom. The molecule has 0 aliphatic carbocycles. The topological polar surface area (TPSA) is 19.4 Å². The van der Waals surface area contributed by atoms with Crippen LogP contribution in [0.25, 0.3) is 22.0 Å². The van der Waals surface area contributed by atoms with E-state index >= 15 is 0 Å². The van der Waals surface area contributed by atoms with E-state index in [1.807, 2.05) is 0 Å². The first-order chi connectivity index (χ1) is 12.2. The van der Waals surface area contributed by atoms with Crippen LogP contribution in [0.2, 0.25) is 0 Å². The van der Waals surface area contributed by atoms with Crippen LogP contribution in [-0.2, 0) is 0 Å². The van der Waals surface area contributed by atoms with Gasteiger partial charge >= 0.3 is 0 Å². The molecule has 2 aromatic carbocycles. The molecule has 0 spiro atoms. The molecule has 0 radical (unpaired) electrons. The van der Waals surface area contributed by atoms with Crippen molar-refractivity contribution in [3.63, 3.8) is 0 Å². The largest absolute Gasteiger partial charge is 0.354 e. The summed E-state index contributed by atoms with van der Waals surface area (Å²) in [7, 11) is 0. The summed E-state index contributed by atoms with van der Waals surface area (Å²) in [5.74, 6) is 1.13. The Bertz CT molecular complexity index is 868. The fraction of sp³-hybridized carbons (Fsp3) is 0.318. The Labute approximate surface area is 162 Å². The van der Waals surface area contributed by atoms with Gasteiger partial charge in [0.25, 0.3) is 0 Å². The number of piperazine rings is 1. The SMILES string of the molecule is CCN1CCN(c2nc(-c3ccc(C)cc3)cc3ccccc23)CC1.Cl. The summed E-state index contributed by atoms with van der Waals surface area (Å²) >= 11 is 0. The molecule has 0 atom stereocenters. The van der Waals surface area contributed by atoms with Crippen molar-refractivity contribution in [2.24, 2.45) is 0 Å². The van der Waals surface area contributed by atoms with E-state index in [0.717, 1.165) is 44.2 Å². The van der Waals surface area contributed by atoms with Gasteiger partial charge in [-0.05, 0) is 24.9 Å². The van der Waals surface area contributed by atoms with E-state index in [-0.39, 0.29) is 12.4 Å². The Balaban J connectivity index is 0.00000196. The Hall–Kier alpha value is -2.10. The standard InChI is InChI=1S/C22H25N3.ClH/c1-3-24-12-14-25(15-13-24)22-20-7-5-4-6-19(20)16-21(23-22)18-10-8-17(2)9-11-18;/h4-11,16H,3,12-15H2,1-2H3;1H. The maximum absolute atomic E-state index is 5.08. The van der Waals surface area contributed by atoms with Gasteiger partial charge in [-0.15, -0.1) is 12.4 Å². The van der Waals surface area contributed by atoms with Crippen LogP contribution < -0.4 is 4.90 Å². The maximum atomic E-state index is 5.08.